The first kappa shape index (κ1) is 12.1. The van der Waals surface area contributed by atoms with Crippen LogP contribution in [0.25, 0.3) is 0 Å². The highest BCUT2D eigenvalue weighted by Gasteiger charge is 2.20. The van der Waals surface area contributed by atoms with Crippen LogP contribution >= 0.6 is 0 Å². The lowest BCUT2D eigenvalue weighted by atomic mass is 10.0. The van der Waals surface area contributed by atoms with Gasteiger partial charge in [0.15, 0.2) is 0 Å². The Hall–Kier alpha value is -1.36. The molecule has 0 bridgehead atoms. The summed E-state index contributed by atoms with van der Waals surface area (Å²) in [5.74, 6) is -0.0207. The number of H-pyrrole nitrogens is 1. The zero-order chi connectivity index (χ0) is 12.1. The molecular formula is C12H20N4O. The van der Waals surface area contributed by atoms with Crippen LogP contribution in [0.3, 0.4) is 0 Å². The molecule has 0 saturated carbocycles. The van der Waals surface area contributed by atoms with E-state index in [9.17, 15) is 4.79 Å². The van der Waals surface area contributed by atoms with Crippen LogP contribution < -0.4 is 5.32 Å². The number of aromatic nitrogens is 2. The van der Waals surface area contributed by atoms with Crippen molar-refractivity contribution in [2.75, 3.05) is 19.6 Å². The third kappa shape index (κ3) is 3.30. The topological polar surface area (TPSA) is 61.0 Å². The van der Waals surface area contributed by atoms with Gasteiger partial charge in [-0.1, -0.05) is 6.92 Å². The fourth-order valence-electron chi connectivity index (χ4n) is 2.26. The SMILES string of the molecule is CCCN1CCC(NC(=O)c2cn[nH]c2)CC1. The Bertz CT molecular complexity index is 341. The lowest BCUT2D eigenvalue weighted by molar-refractivity contribution is 0.0911. The molecule has 0 aromatic carbocycles. The maximum Gasteiger partial charge on any atom is 0.254 e. The Morgan fingerprint density at radius 1 is 1.59 bits per heavy atom. The van der Waals surface area contributed by atoms with Crippen LogP contribution in [0.4, 0.5) is 0 Å². The standard InChI is InChI=1S/C12H20N4O/c1-2-5-16-6-3-11(4-7-16)15-12(17)10-8-13-14-9-10/h8-9,11H,2-7H2,1H3,(H,13,14)(H,15,17). The van der Waals surface area contributed by atoms with Gasteiger partial charge in [-0.25, -0.2) is 0 Å². The largest absolute Gasteiger partial charge is 0.349 e. The number of carbonyl (C=O) groups is 1. The summed E-state index contributed by atoms with van der Waals surface area (Å²) in [6.45, 7) is 5.55. The fraction of sp³-hybridized carbons (Fsp3) is 0.667. The number of rotatable bonds is 4. The lowest BCUT2D eigenvalue weighted by Crippen LogP contribution is -2.44. The van der Waals surface area contributed by atoms with Gasteiger partial charge in [-0.3, -0.25) is 9.89 Å². The molecule has 1 aromatic rings. The number of nitrogens with zero attached hydrogens (tertiary/aromatic N) is 2. The summed E-state index contributed by atoms with van der Waals surface area (Å²) in [5.41, 5.74) is 0.612. The number of hydrogen-bond acceptors (Lipinski definition) is 3. The summed E-state index contributed by atoms with van der Waals surface area (Å²) in [6.07, 6.45) is 6.47. The van der Waals surface area contributed by atoms with Crippen molar-refractivity contribution in [3.05, 3.63) is 18.0 Å². The highest BCUT2D eigenvalue weighted by molar-refractivity contribution is 5.93. The summed E-state index contributed by atoms with van der Waals surface area (Å²) >= 11 is 0. The summed E-state index contributed by atoms with van der Waals surface area (Å²) < 4.78 is 0. The molecule has 2 heterocycles. The van der Waals surface area contributed by atoms with Crippen molar-refractivity contribution in [2.45, 2.75) is 32.2 Å². The maximum absolute atomic E-state index is 11.8. The van der Waals surface area contributed by atoms with Crippen LogP contribution in [0, 0.1) is 0 Å². The van der Waals surface area contributed by atoms with E-state index in [1.807, 2.05) is 0 Å². The van der Waals surface area contributed by atoms with E-state index in [4.69, 9.17) is 0 Å². The molecule has 1 saturated heterocycles. The van der Waals surface area contributed by atoms with E-state index in [1.54, 1.807) is 12.4 Å². The molecular weight excluding hydrogens is 216 g/mol. The highest BCUT2D eigenvalue weighted by Crippen LogP contribution is 2.11. The van der Waals surface area contributed by atoms with Crippen LogP contribution in [0.2, 0.25) is 0 Å². The predicted molar refractivity (Wildman–Crippen MR) is 65.8 cm³/mol. The Morgan fingerprint density at radius 3 is 2.94 bits per heavy atom. The predicted octanol–water partition coefficient (Wildman–Crippen LogP) is 1.01. The van der Waals surface area contributed by atoms with E-state index in [0.29, 0.717) is 11.6 Å². The molecule has 5 heteroatoms. The van der Waals surface area contributed by atoms with Gasteiger partial charge in [0.25, 0.3) is 5.91 Å². The molecule has 94 valence electrons. The van der Waals surface area contributed by atoms with Gasteiger partial charge in [0.1, 0.15) is 0 Å². The van der Waals surface area contributed by atoms with Crippen molar-refractivity contribution < 1.29 is 4.79 Å². The van der Waals surface area contributed by atoms with Crippen LogP contribution in [-0.2, 0) is 0 Å². The molecule has 1 amide bonds. The minimum Gasteiger partial charge on any atom is -0.349 e. The second-order valence-corrected chi connectivity index (χ2v) is 4.58. The van der Waals surface area contributed by atoms with Crippen molar-refractivity contribution in [3.8, 4) is 0 Å². The van der Waals surface area contributed by atoms with E-state index < -0.39 is 0 Å². The third-order valence-corrected chi connectivity index (χ3v) is 3.22. The molecule has 2 N–H and O–H groups in total. The molecule has 1 aromatic heterocycles. The quantitative estimate of drug-likeness (QED) is 0.820. The van der Waals surface area contributed by atoms with E-state index >= 15 is 0 Å². The van der Waals surface area contributed by atoms with E-state index in [-0.39, 0.29) is 5.91 Å². The Kier molecular flexibility index (Phi) is 4.14. The Labute approximate surface area is 102 Å². The van der Waals surface area contributed by atoms with Crippen molar-refractivity contribution in [1.29, 1.82) is 0 Å². The number of aromatic amines is 1. The average molecular weight is 236 g/mol. The molecule has 2 rings (SSSR count). The Morgan fingerprint density at radius 2 is 2.35 bits per heavy atom. The molecule has 1 aliphatic rings. The van der Waals surface area contributed by atoms with Crippen molar-refractivity contribution in [1.82, 2.24) is 20.4 Å². The second-order valence-electron chi connectivity index (χ2n) is 4.58. The molecule has 0 unspecified atom stereocenters. The van der Waals surface area contributed by atoms with Crippen LogP contribution in [-0.4, -0.2) is 46.7 Å². The fourth-order valence-corrected chi connectivity index (χ4v) is 2.26. The number of likely N-dealkylation sites (tertiary alicyclic amines) is 1. The molecule has 1 fully saturated rings. The van der Waals surface area contributed by atoms with Gasteiger partial charge < -0.3 is 10.2 Å². The lowest BCUT2D eigenvalue weighted by Gasteiger charge is -2.31. The number of piperidine rings is 1. The second kappa shape index (κ2) is 5.82. The molecule has 17 heavy (non-hydrogen) atoms. The van der Waals surface area contributed by atoms with Crippen LogP contribution in [0.15, 0.2) is 12.4 Å². The number of amides is 1. The zero-order valence-corrected chi connectivity index (χ0v) is 10.3. The molecule has 1 aliphatic heterocycles. The van der Waals surface area contributed by atoms with Gasteiger partial charge in [-0.15, -0.1) is 0 Å². The summed E-state index contributed by atoms with van der Waals surface area (Å²) in [7, 11) is 0. The maximum atomic E-state index is 11.8. The first-order valence-electron chi connectivity index (χ1n) is 6.31. The molecule has 0 radical (unpaired) electrons. The third-order valence-electron chi connectivity index (χ3n) is 3.22. The number of hydrogen-bond donors (Lipinski definition) is 2. The summed E-state index contributed by atoms with van der Waals surface area (Å²) in [6, 6.07) is 0.311. The molecule has 5 nitrogen and oxygen atoms in total. The van der Waals surface area contributed by atoms with Crippen molar-refractivity contribution in [3.63, 3.8) is 0 Å². The first-order chi connectivity index (χ1) is 8.29. The van der Waals surface area contributed by atoms with Gasteiger partial charge in [-0.2, -0.15) is 5.10 Å². The van der Waals surface area contributed by atoms with Crippen molar-refractivity contribution in [2.24, 2.45) is 0 Å². The van der Waals surface area contributed by atoms with E-state index in [0.717, 1.165) is 25.9 Å². The highest BCUT2D eigenvalue weighted by atomic mass is 16.1. The first-order valence-corrected chi connectivity index (χ1v) is 6.31. The normalized spacial score (nSPS) is 18.2. The number of nitrogens with one attached hydrogen (secondary N) is 2. The minimum absolute atomic E-state index is 0.0207. The molecule has 0 aliphatic carbocycles. The Balaban J connectivity index is 1.76. The summed E-state index contributed by atoms with van der Waals surface area (Å²) in [4.78, 5) is 14.3. The molecule has 0 atom stereocenters. The van der Waals surface area contributed by atoms with Gasteiger partial charge in [0.2, 0.25) is 0 Å². The monoisotopic (exact) mass is 236 g/mol. The summed E-state index contributed by atoms with van der Waals surface area (Å²) in [5, 5.41) is 9.49. The van der Waals surface area contributed by atoms with Crippen LogP contribution in [0.1, 0.15) is 36.5 Å². The van der Waals surface area contributed by atoms with Gasteiger partial charge in [0, 0.05) is 25.3 Å². The minimum atomic E-state index is -0.0207. The van der Waals surface area contributed by atoms with E-state index in [1.165, 1.54) is 13.0 Å². The van der Waals surface area contributed by atoms with Crippen LogP contribution in [0.5, 0.6) is 0 Å². The van der Waals surface area contributed by atoms with E-state index in [2.05, 4.69) is 27.3 Å². The van der Waals surface area contributed by atoms with Crippen molar-refractivity contribution >= 4 is 5.91 Å². The van der Waals surface area contributed by atoms with Gasteiger partial charge in [0.05, 0.1) is 11.8 Å². The number of carbonyl (C=O) groups excluding carboxylic acids is 1. The average Bonchev–Trinajstić information content (AvgIpc) is 2.86. The zero-order valence-electron chi connectivity index (χ0n) is 10.3. The smallest absolute Gasteiger partial charge is 0.254 e. The van der Waals surface area contributed by atoms with Gasteiger partial charge in [-0.05, 0) is 25.8 Å². The molecule has 0 spiro atoms. The van der Waals surface area contributed by atoms with Gasteiger partial charge >= 0.3 is 0 Å².